The fraction of sp³-hybridized carbons (Fsp3) is 0.320. The van der Waals surface area contributed by atoms with Gasteiger partial charge >= 0.3 is 5.97 Å². The maximum absolute atomic E-state index is 11.6. The molecule has 0 aliphatic carbocycles. The summed E-state index contributed by atoms with van der Waals surface area (Å²) in [4.78, 5) is 23.1. The van der Waals surface area contributed by atoms with Gasteiger partial charge in [0.25, 0.3) is 0 Å². The monoisotopic (exact) mass is 435 g/mol. The van der Waals surface area contributed by atoms with E-state index in [-0.39, 0.29) is 12.1 Å². The number of unbranched alkanes of at least 4 members (excludes halogenated alkanes) is 1. The zero-order chi connectivity index (χ0) is 23.1. The molecule has 7 heteroatoms. The van der Waals surface area contributed by atoms with E-state index in [2.05, 4.69) is 12.0 Å². The zero-order valence-corrected chi connectivity index (χ0v) is 18.5. The number of nitrogens with zero attached hydrogens (tertiary/aromatic N) is 2. The third-order valence-corrected chi connectivity index (χ3v) is 5.41. The van der Waals surface area contributed by atoms with Gasteiger partial charge in [0.05, 0.1) is 17.9 Å². The summed E-state index contributed by atoms with van der Waals surface area (Å²) in [6, 6.07) is 14.8. The number of carbonyl (C=O) groups excluding carboxylic acids is 1. The number of aromatic nitrogens is 2. The van der Waals surface area contributed by atoms with Gasteiger partial charge in [-0.25, -0.2) is 4.79 Å². The van der Waals surface area contributed by atoms with Crippen LogP contribution in [0.3, 0.4) is 0 Å². The lowest BCUT2D eigenvalue weighted by molar-refractivity contribution is -0.118. The van der Waals surface area contributed by atoms with Crippen molar-refractivity contribution in [2.45, 2.75) is 45.8 Å². The number of carboxylic acid groups (broad SMARTS) is 1. The maximum Gasteiger partial charge on any atom is 0.336 e. The first kappa shape index (κ1) is 23.2. The number of rotatable bonds is 11. The van der Waals surface area contributed by atoms with E-state index in [4.69, 9.17) is 10.5 Å². The Bertz CT molecular complexity index is 1090. The van der Waals surface area contributed by atoms with Crippen molar-refractivity contribution in [2.24, 2.45) is 5.73 Å². The molecule has 1 heterocycles. The minimum atomic E-state index is -0.948. The number of carboxylic acids is 1. The van der Waals surface area contributed by atoms with Gasteiger partial charge in [0.1, 0.15) is 6.54 Å². The Hall–Kier alpha value is -3.45. The lowest BCUT2D eigenvalue weighted by Gasteiger charge is -2.10. The molecule has 32 heavy (non-hydrogen) atoms. The van der Waals surface area contributed by atoms with Gasteiger partial charge in [-0.1, -0.05) is 55.8 Å². The van der Waals surface area contributed by atoms with Crippen molar-refractivity contribution in [3.05, 3.63) is 76.6 Å². The predicted molar refractivity (Wildman–Crippen MR) is 122 cm³/mol. The number of amides is 1. The van der Waals surface area contributed by atoms with Crippen LogP contribution >= 0.6 is 0 Å². The van der Waals surface area contributed by atoms with E-state index in [1.807, 2.05) is 36.4 Å². The lowest BCUT2D eigenvalue weighted by atomic mass is 9.96. The molecule has 0 bridgehead atoms. The highest BCUT2D eigenvalue weighted by Crippen LogP contribution is 2.26. The molecule has 0 saturated carbocycles. The summed E-state index contributed by atoms with van der Waals surface area (Å²) in [7, 11) is 1.62. The van der Waals surface area contributed by atoms with Crippen LogP contribution in [-0.4, -0.2) is 33.9 Å². The number of hydrogen-bond donors (Lipinski definition) is 2. The second kappa shape index (κ2) is 10.7. The SMILES string of the molecule is CCCCc1c(Cc2ccc(-c3ccccc3C(=O)O)cc2)c(COC)nn1CC(N)=O. The van der Waals surface area contributed by atoms with E-state index in [9.17, 15) is 14.7 Å². The van der Waals surface area contributed by atoms with Crippen molar-refractivity contribution in [2.75, 3.05) is 7.11 Å². The summed E-state index contributed by atoms with van der Waals surface area (Å²) < 4.78 is 7.06. The number of aromatic carboxylic acids is 1. The normalized spacial score (nSPS) is 10.9. The van der Waals surface area contributed by atoms with E-state index in [0.717, 1.165) is 47.3 Å². The van der Waals surface area contributed by atoms with E-state index in [0.29, 0.717) is 18.6 Å². The molecule has 0 aliphatic heterocycles. The molecule has 0 unspecified atom stereocenters. The molecule has 168 valence electrons. The number of benzene rings is 2. The Labute approximate surface area is 187 Å². The quantitative estimate of drug-likeness (QED) is 0.476. The smallest absolute Gasteiger partial charge is 0.336 e. The first-order valence-electron chi connectivity index (χ1n) is 10.7. The summed E-state index contributed by atoms with van der Waals surface area (Å²) >= 11 is 0. The Morgan fingerprint density at radius 2 is 1.84 bits per heavy atom. The highest BCUT2D eigenvalue weighted by atomic mass is 16.5. The van der Waals surface area contributed by atoms with Crippen molar-refractivity contribution in [3.63, 3.8) is 0 Å². The number of carbonyl (C=O) groups is 2. The molecule has 0 saturated heterocycles. The first-order chi connectivity index (χ1) is 15.4. The number of hydrogen-bond acceptors (Lipinski definition) is 4. The van der Waals surface area contributed by atoms with Gasteiger partial charge in [-0.2, -0.15) is 5.10 Å². The van der Waals surface area contributed by atoms with E-state index in [1.165, 1.54) is 0 Å². The molecular weight excluding hydrogens is 406 g/mol. The van der Waals surface area contributed by atoms with Crippen LogP contribution < -0.4 is 5.73 Å². The molecule has 0 fully saturated rings. The van der Waals surface area contributed by atoms with Crippen LogP contribution in [0.2, 0.25) is 0 Å². The molecule has 0 atom stereocenters. The topological polar surface area (TPSA) is 107 Å². The third kappa shape index (κ3) is 5.42. The van der Waals surface area contributed by atoms with E-state index < -0.39 is 11.9 Å². The fourth-order valence-electron chi connectivity index (χ4n) is 3.88. The predicted octanol–water partition coefficient (Wildman–Crippen LogP) is 3.81. The third-order valence-electron chi connectivity index (χ3n) is 5.41. The van der Waals surface area contributed by atoms with E-state index >= 15 is 0 Å². The van der Waals surface area contributed by atoms with Crippen molar-refractivity contribution in [1.29, 1.82) is 0 Å². The minimum Gasteiger partial charge on any atom is -0.478 e. The largest absolute Gasteiger partial charge is 0.478 e. The standard InChI is InChI=1S/C25H29N3O4/c1-3-4-9-23-21(22(16-32-2)27-28(23)15-24(26)29)14-17-10-12-18(13-11-17)19-7-5-6-8-20(19)25(30)31/h5-8,10-13H,3-4,9,14-16H2,1-2H3,(H2,26,29)(H,30,31). The Morgan fingerprint density at radius 1 is 1.12 bits per heavy atom. The van der Waals surface area contributed by atoms with Gasteiger partial charge in [-0.3, -0.25) is 9.48 Å². The summed E-state index contributed by atoms with van der Waals surface area (Å²) in [5, 5.41) is 14.1. The number of primary amides is 1. The molecule has 2 aromatic carbocycles. The van der Waals surface area contributed by atoms with E-state index in [1.54, 1.807) is 23.9 Å². The van der Waals surface area contributed by atoms with Crippen LogP contribution in [0.15, 0.2) is 48.5 Å². The van der Waals surface area contributed by atoms with Gasteiger partial charge in [0.2, 0.25) is 5.91 Å². The van der Waals surface area contributed by atoms with Gasteiger partial charge in [-0.15, -0.1) is 0 Å². The molecule has 0 radical (unpaired) electrons. The van der Waals surface area contributed by atoms with Gasteiger partial charge in [-0.05, 0) is 35.6 Å². The maximum atomic E-state index is 11.6. The van der Waals surface area contributed by atoms with Crippen LogP contribution in [0, 0.1) is 0 Å². The number of methoxy groups -OCH3 is 1. The Balaban J connectivity index is 1.94. The summed E-state index contributed by atoms with van der Waals surface area (Å²) in [5.74, 6) is -1.38. The Morgan fingerprint density at radius 3 is 2.47 bits per heavy atom. The molecule has 0 spiro atoms. The number of ether oxygens (including phenoxy) is 1. The van der Waals surface area contributed by atoms with Crippen LogP contribution in [0.1, 0.15) is 52.6 Å². The van der Waals surface area contributed by atoms with Crippen molar-refractivity contribution >= 4 is 11.9 Å². The van der Waals surface area contributed by atoms with Gasteiger partial charge < -0.3 is 15.6 Å². The average Bonchev–Trinajstić information content (AvgIpc) is 3.08. The van der Waals surface area contributed by atoms with Crippen LogP contribution in [0.25, 0.3) is 11.1 Å². The molecule has 1 aromatic heterocycles. The van der Waals surface area contributed by atoms with Crippen molar-refractivity contribution in [3.8, 4) is 11.1 Å². The zero-order valence-electron chi connectivity index (χ0n) is 18.5. The molecular formula is C25H29N3O4. The van der Waals surface area contributed by atoms with Crippen LogP contribution in [0.4, 0.5) is 0 Å². The summed E-state index contributed by atoms with van der Waals surface area (Å²) in [6.45, 7) is 2.52. The first-order valence-corrected chi connectivity index (χ1v) is 10.7. The molecule has 3 aromatic rings. The summed E-state index contributed by atoms with van der Waals surface area (Å²) in [6.07, 6.45) is 3.45. The number of nitrogens with two attached hydrogens (primary N) is 1. The van der Waals surface area contributed by atoms with Crippen molar-refractivity contribution in [1.82, 2.24) is 9.78 Å². The lowest BCUT2D eigenvalue weighted by Crippen LogP contribution is -2.21. The van der Waals surface area contributed by atoms with Crippen molar-refractivity contribution < 1.29 is 19.4 Å². The van der Waals surface area contributed by atoms with Gasteiger partial charge in [0, 0.05) is 24.8 Å². The molecule has 1 amide bonds. The highest BCUT2D eigenvalue weighted by molar-refractivity contribution is 5.96. The second-order valence-corrected chi connectivity index (χ2v) is 7.76. The van der Waals surface area contributed by atoms with Crippen LogP contribution in [0.5, 0.6) is 0 Å². The second-order valence-electron chi connectivity index (χ2n) is 7.76. The van der Waals surface area contributed by atoms with Gasteiger partial charge in [0.15, 0.2) is 0 Å². The summed E-state index contributed by atoms with van der Waals surface area (Å²) in [5.41, 5.74) is 11.2. The minimum absolute atomic E-state index is 0.0423. The average molecular weight is 436 g/mol. The highest BCUT2D eigenvalue weighted by Gasteiger charge is 2.19. The molecule has 7 nitrogen and oxygen atoms in total. The Kier molecular flexibility index (Phi) is 7.78. The molecule has 3 rings (SSSR count). The molecule has 3 N–H and O–H groups in total. The fourth-order valence-corrected chi connectivity index (χ4v) is 3.88. The molecule has 0 aliphatic rings. The van der Waals surface area contributed by atoms with Crippen LogP contribution in [-0.2, 0) is 35.5 Å².